The molecule has 0 saturated carbocycles. The van der Waals surface area contributed by atoms with Crippen LogP contribution in [-0.2, 0) is 6.54 Å². The summed E-state index contributed by atoms with van der Waals surface area (Å²) in [4.78, 5) is 20.8. The lowest BCUT2D eigenvalue weighted by Crippen LogP contribution is -2.09. The zero-order valence-corrected chi connectivity index (χ0v) is 10.1. The van der Waals surface area contributed by atoms with Crippen molar-refractivity contribution < 1.29 is 14.8 Å². The molecule has 2 rings (SSSR count). The summed E-state index contributed by atoms with van der Waals surface area (Å²) in [6.07, 6.45) is 7.95. The Morgan fingerprint density at radius 1 is 1.63 bits per heavy atom. The van der Waals surface area contributed by atoms with Crippen molar-refractivity contribution in [1.82, 2.24) is 9.78 Å². The smallest absolute Gasteiger partial charge is 0.356 e. The van der Waals surface area contributed by atoms with E-state index in [9.17, 15) is 14.9 Å². The number of hydrogen-bond acceptors (Lipinski definition) is 4. The van der Waals surface area contributed by atoms with Crippen LogP contribution in [0.4, 0.5) is 0 Å². The molecule has 0 saturated heterocycles. The quantitative estimate of drug-likeness (QED) is 0.644. The van der Waals surface area contributed by atoms with Crippen LogP contribution in [-0.4, -0.2) is 25.8 Å². The Labute approximate surface area is 109 Å². The number of carboxylic acid groups (broad SMARTS) is 1. The minimum atomic E-state index is -1.05. The second kappa shape index (κ2) is 5.47. The molecule has 0 spiro atoms. The third-order valence-electron chi connectivity index (χ3n) is 2.97. The number of hydrogen-bond donors (Lipinski definition) is 1. The molecule has 1 aromatic rings. The molecule has 0 aromatic carbocycles. The van der Waals surface area contributed by atoms with Crippen molar-refractivity contribution in [1.29, 1.82) is 0 Å². The van der Waals surface area contributed by atoms with Gasteiger partial charge in [-0.15, -0.1) is 0 Å². The average molecular weight is 263 g/mol. The zero-order chi connectivity index (χ0) is 13.8. The van der Waals surface area contributed by atoms with Gasteiger partial charge in [0, 0.05) is 18.8 Å². The lowest BCUT2D eigenvalue weighted by molar-refractivity contribution is -0.419. The van der Waals surface area contributed by atoms with Gasteiger partial charge in [-0.3, -0.25) is 14.8 Å². The Balaban J connectivity index is 1.85. The van der Waals surface area contributed by atoms with Crippen LogP contribution in [0.2, 0.25) is 0 Å². The van der Waals surface area contributed by atoms with Gasteiger partial charge in [0.2, 0.25) is 0 Å². The summed E-state index contributed by atoms with van der Waals surface area (Å²) < 4.78 is 1.57. The second-order valence-corrected chi connectivity index (χ2v) is 4.30. The maximum Gasteiger partial charge on any atom is 0.356 e. The van der Waals surface area contributed by atoms with Gasteiger partial charge in [-0.1, -0.05) is 6.08 Å². The van der Waals surface area contributed by atoms with Crippen molar-refractivity contribution in [2.75, 3.05) is 0 Å². The van der Waals surface area contributed by atoms with E-state index in [-0.39, 0.29) is 17.3 Å². The van der Waals surface area contributed by atoms with Crippen LogP contribution in [0.1, 0.15) is 23.3 Å². The maximum absolute atomic E-state index is 10.7. The van der Waals surface area contributed by atoms with Crippen LogP contribution in [0.3, 0.4) is 0 Å². The Bertz CT molecular complexity index is 559. The summed E-state index contributed by atoms with van der Waals surface area (Å²) in [6, 6.07) is 1.45. The minimum Gasteiger partial charge on any atom is -0.476 e. The first-order chi connectivity index (χ1) is 9.06. The van der Waals surface area contributed by atoms with E-state index in [1.165, 1.54) is 12.1 Å². The Morgan fingerprint density at radius 3 is 2.95 bits per heavy atom. The van der Waals surface area contributed by atoms with E-state index in [0.717, 1.165) is 6.42 Å². The SMILES string of the molecule is O=C(O)c1ccn(CCC2C=CC([N+](=O)[O-])=CC2)n1. The molecule has 7 nitrogen and oxygen atoms in total. The Kier molecular flexibility index (Phi) is 3.74. The number of rotatable bonds is 5. The minimum absolute atomic E-state index is 0.0229. The highest BCUT2D eigenvalue weighted by molar-refractivity contribution is 5.84. The molecule has 100 valence electrons. The van der Waals surface area contributed by atoms with Gasteiger partial charge in [0.05, 0.1) is 4.92 Å². The fourth-order valence-corrected chi connectivity index (χ4v) is 1.90. The van der Waals surface area contributed by atoms with Gasteiger partial charge in [-0.05, 0) is 30.9 Å². The summed E-state index contributed by atoms with van der Waals surface area (Å²) in [5.74, 6) is -0.823. The molecule has 1 unspecified atom stereocenters. The molecule has 1 aliphatic rings. The highest BCUT2D eigenvalue weighted by Gasteiger charge is 2.15. The number of carboxylic acids is 1. The summed E-state index contributed by atoms with van der Waals surface area (Å²) >= 11 is 0. The van der Waals surface area contributed by atoms with E-state index in [0.29, 0.717) is 13.0 Å². The van der Waals surface area contributed by atoms with Gasteiger partial charge in [0.25, 0.3) is 5.70 Å². The lowest BCUT2D eigenvalue weighted by Gasteiger charge is -2.12. The summed E-state index contributed by atoms with van der Waals surface area (Å²) in [5.41, 5.74) is 0.151. The molecule has 7 heteroatoms. The first-order valence-corrected chi connectivity index (χ1v) is 5.86. The van der Waals surface area contributed by atoms with Crippen molar-refractivity contribution in [3.05, 3.63) is 52.0 Å². The van der Waals surface area contributed by atoms with Crippen LogP contribution in [0.5, 0.6) is 0 Å². The molecule has 0 fully saturated rings. The number of aromatic carboxylic acids is 1. The number of aryl methyl sites for hydroxylation is 1. The van der Waals surface area contributed by atoms with Crippen molar-refractivity contribution in [2.24, 2.45) is 5.92 Å². The van der Waals surface area contributed by atoms with E-state index in [1.54, 1.807) is 17.0 Å². The largest absolute Gasteiger partial charge is 0.476 e. The first kappa shape index (κ1) is 13.0. The van der Waals surface area contributed by atoms with Gasteiger partial charge in [0.1, 0.15) is 0 Å². The van der Waals surface area contributed by atoms with Gasteiger partial charge in [0.15, 0.2) is 5.69 Å². The molecule has 0 bridgehead atoms. The second-order valence-electron chi connectivity index (χ2n) is 4.30. The molecule has 1 N–H and O–H groups in total. The van der Waals surface area contributed by atoms with Gasteiger partial charge in [-0.25, -0.2) is 4.79 Å². The predicted molar refractivity (Wildman–Crippen MR) is 66.1 cm³/mol. The van der Waals surface area contributed by atoms with E-state index >= 15 is 0 Å². The fourth-order valence-electron chi connectivity index (χ4n) is 1.90. The maximum atomic E-state index is 10.7. The van der Waals surface area contributed by atoms with Crippen molar-refractivity contribution in [2.45, 2.75) is 19.4 Å². The standard InChI is InChI=1S/C12H13N3O4/c16-12(17)11-6-8-14(13-11)7-5-9-1-3-10(4-2-9)15(18)19/h1,3-4,6,8-9H,2,5,7H2,(H,16,17). The third kappa shape index (κ3) is 3.27. The number of nitro groups is 1. The number of aromatic nitrogens is 2. The molecule has 1 atom stereocenters. The molecule has 0 aliphatic heterocycles. The van der Waals surface area contributed by atoms with Crippen LogP contribution >= 0.6 is 0 Å². The van der Waals surface area contributed by atoms with Crippen LogP contribution in [0, 0.1) is 16.0 Å². The van der Waals surface area contributed by atoms with Crippen LogP contribution < -0.4 is 0 Å². The molecule has 1 aromatic heterocycles. The predicted octanol–water partition coefficient (Wildman–Crippen LogP) is 1.71. The fraction of sp³-hybridized carbons (Fsp3) is 0.333. The van der Waals surface area contributed by atoms with Gasteiger partial charge < -0.3 is 5.11 Å². The van der Waals surface area contributed by atoms with Crippen LogP contribution in [0.25, 0.3) is 0 Å². The van der Waals surface area contributed by atoms with E-state index < -0.39 is 10.9 Å². The molecule has 19 heavy (non-hydrogen) atoms. The van der Waals surface area contributed by atoms with Crippen molar-refractivity contribution >= 4 is 5.97 Å². The third-order valence-corrected chi connectivity index (χ3v) is 2.97. The Morgan fingerprint density at radius 2 is 2.42 bits per heavy atom. The highest BCUT2D eigenvalue weighted by Crippen LogP contribution is 2.20. The normalized spacial score (nSPS) is 18.1. The number of nitrogens with zero attached hydrogens (tertiary/aromatic N) is 3. The Hall–Kier alpha value is -2.44. The first-order valence-electron chi connectivity index (χ1n) is 5.86. The van der Waals surface area contributed by atoms with Gasteiger partial charge >= 0.3 is 5.97 Å². The van der Waals surface area contributed by atoms with E-state index in [2.05, 4.69) is 5.10 Å². The van der Waals surface area contributed by atoms with Crippen LogP contribution in [0.15, 0.2) is 36.2 Å². The molecular weight excluding hydrogens is 250 g/mol. The van der Waals surface area contributed by atoms with Crippen molar-refractivity contribution in [3.63, 3.8) is 0 Å². The average Bonchev–Trinajstić information content (AvgIpc) is 2.86. The van der Waals surface area contributed by atoms with E-state index in [4.69, 9.17) is 5.11 Å². The zero-order valence-electron chi connectivity index (χ0n) is 10.1. The molecule has 0 amide bonds. The number of allylic oxidation sites excluding steroid dienone is 3. The molecular formula is C12H13N3O4. The lowest BCUT2D eigenvalue weighted by atomic mass is 9.96. The summed E-state index contributed by atoms with van der Waals surface area (Å²) in [6.45, 7) is 0.587. The number of carbonyl (C=O) groups is 1. The molecule has 0 radical (unpaired) electrons. The summed E-state index contributed by atoms with van der Waals surface area (Å²) in [7, 11) is 0. The monoisotopic (exact) mass is 263 g/mol. The summed E-state index contributed by atoms with van der Waals surface area (Å²) in [5, 5.41) is 23.2. The molecule has 1 heterocycles. The topological polar surface area (TPSA) is 98.3 Å². The highest BCUT2D eigenvalue weighted by atomic mass is 16.6. The molecule has 1 aliphatic carbocycles. The van der Waals surface area contributed by atoms with Gasteiger partial charge in [-0.2, -0.15) is 5.10 Å². The van der Waals surface area contributed by atoms with E-state index in [1.807, 2.05) is 6.08 Å². The van der Waals surface area contributed by atoms with Crippen molar-refractivity contribution in [3.8, 4) is 0 Å².